The molecule has 6 nitrogen and oxygen atoms in total. The minimum atomic E-state index is -0.776. The van der Waals surface area contributed by atoms with Gasteiger partial charge in [0.1, 0.15) is 13.2 Å². The van der Waals surface area contributed by atoms with Gasteiger partial charge in [0.15, 0.2) is 6.10 Å². The van der Waals surface area contributed by atoms with Gasteiger partial charge in [-0.25, -0.2) is 0 Å². The van der Waals surface area contributed by atoms with Crippen LogP contribution in [0.1, 0.15) is 355 Å². The molecule has 0 aliphatic heterocycles. The van der Waals surface area contributed by atoms with Gasteiger partial charge in [0.25, 0.3) is 0 Å². The lowest BCUT2D eigenvalue weighted by atomic mass is 10.0. The summed E-state index contributed by atoms with van der Waals surface area (Å²) >= 11 is 0. The van der Waals surface area contributed by atoms with E-state index in [0.29, 0.717) is 19.3 Å². The fraction of sp³-hybridized carbons (Fsp3) is 0.866. The van der Waals surface area contributed by atoms with Crippen LogP contribution in [0.4, 0.5) is 0 Å². The predicted molar refractivity (Wildman–Crippen MR) is 316 cm³/mol. The maximum absolute atomic E-state index is 12.9. The smallest absolute Gasteiger partial charge is 0.306 e. The molecule has 0 aliphatic carbocycles. The number of hydrogen-bond donors (Lipinski definition) is 0. The standard InChI is InChI=1S/C67H124O6/c1-4-7-10-13-16-19-22-24-26-28-30-32-33-35-36-38-40-42-45-48-51-54-57-60-66(69)72-63-64(62-71-65(68)59-56-53-50-47-44-21-18-15-12-9-6-3)73-67(70)61-58-55-52-49-46-43-41-39-37-34-31-29-27-25-23-20-17-14-11-8-5-2/h15,18,23,25,29,31,64H,4-14,16-17,19-22,24,26-28,30,32-63H2,1-3H3/b18-15-,25-23-,31-29-. The van der Waals surface area contributed by atoms with Crippen molar-refractivity contribution in [1.29, 1.82) is 0 Å². The highest BCUT2D eigenvalue weighted by atomic mass is 16.6. The first-order valence-corrected chi connectivity index (χ1v) is 32.5. The molecule has 428 valence electrons. The first-order chi connectivity index (χ1) is 36.0. The third-order valence-electron chi connectivity index (χ3n) is 14.6. The van der Waals surface area contributed by atoms with Crippen molar-refractivity contribution in [3.63, 3.8) is 0 Å². The Labute approximate surface area is 455 Å². The van der Waals surface area contributed by atoms with E-state index in [1.807, 2.05) is 0 Å². The summed E-state index contributed by atoms with van der Waals surface area (Å²) in [6.07, 6.45) is 75.9. The maximum Gasteiger partial charge on any atom is 0.306 e. The molecular formula is C67H124O6. The van der Waals surface area contributed by atoms with Crippen LogP contribution < -0.4 is 0 Å². The summed E-state index contributed by atoms with van der Waals surface area (Å²) in [5.74, 6) is -0.865. The number of allylic oxidation sites excluding steroid dienone is 6. The Balaban J connectivity index is 4.23. The molecule has 0 aromatic rings. The van der Waals surface area contributed by atoms with Crippen molar-refractivity contribution >= 4 is 17.9 Å². The molecule has 0 aromatic carbocycles. The normalized spacial score (nSPS) is 12.2. The van der Waals surface area contributed by atoms with E-state index in [0.717, 1.165) is 70.6 Å². The topological polar surface area (TPSA) is 78.9 Å². The molecule has 1 atom stereocenters. The van der Waals surface area contributed by atoms with Gasteiger partial charge >= 0.3 is 17.9 Å². The van der Waals surface area contributed by atoms with Crippen molar-refractivity contribution in [3.05, 3.63) is 36.5 Å². The van der Waals surface area contributed by atoms with Crippen LogP contribution in [0.25, 0.3) is 0 Å². The van der Waals surface area contributed by atoms with Crippen molar-refractivity contribution in [2.45, 2.75) is 361 Å². The van der Waals surface area contributed by atoms with E-state index in [2.05, 4.69) is 57.2 Å². The molecule has 73 heavy (non-hydrogen) atoms. The number of rotatable bonds is 60. The zero-order chi connectivity index (χ0) is 52.9. The van der Waals surface area contributed by atoms with Crippen LogP contribution in [0, 0.1) is 0 Å². The predicted octanol–water partition coefficient (Wildman–Crippen LogP) is 22.0. The summed E-state index contributed by atoms with van der Waals surface area (Å²) in [4.78, 5) is 38.2. The molecule has 0 heterocycles. The van der Waals surface area contributed by atoms with Gasteiger partial charge in [-0.2, -0.15) is 0 Å². The minimum Gasteiger partial charge on any atom is -0.462 e. The summed E-state index contributed by atoms with van der Waals surface area (Å²) in [6, 6.07) is 0. The van der Waals surface area contributed by atoms with E-state index < -0.39 is 6.10 Å². The first kappa shape index (κ1) is 70.6. The van der Waals surface area contributed by atoms with Gasteiger partial charge in [0, 0.05) is 19.3 Å². The largest absolute Gasteiger partial charge is 0.462 e. The van der Waals surface area contributed by atoms with Crippen molar-refractivity contribution < 1.29 is 28.6 Å². The van der Waals surface area contributed by atoms with Crippen molar-refractivity contribution in [2.24, 2.45) is 0 Å². The minimum absolute atomic E-state index is 0.0724. The van der Waals surface area contributed by atoms with Gasteiger partial charge < -0.3 is 14.2 Å². The number of esters is 3. The molecule has 1 unspecified atom stereocenters. The number of hydrogen-bond acceptors (Lipinski definition) is 6. The quantitative estimate of drug-likeness (QED) is 0.0261. The molecule has 0 amide bonds. The highest BCUT2D eigenvalue weighted by Crippen LogP contribution is 2.18. The fourth-order valence-electron chi connectivity index (χ4n) is 9.69. The van der Waals surface area contributed by atoms with E-state index in [9.17, 15) is 14.4 Å². The van der Waals surface area contributed by atoms with Crippen LogP contribution in [0.15, 0.2) is 36.5 Å². The zero-order valence-corrected chi connectivity index (χ0v) is 49.2. The fourth-order valence-corrected chi connectivity index (χ4v) is 9.69. The second-order valence-corrected chi connectivity index (χ2v) is 22.0. The van der Waals surface area contributed by atoms with E-state index in [1.165, 1.54) is 244 Å². The molecular weight excluding hydrogens is 901 g/mol. The summed E-state index contributed by atoms with van der Waals surface area (Å²) in [5, 5.41) is 0. The Bertz CT molecular complexity index is 1220. The van der Waals surface area contributed by atoms with Crippen LogP contribution in [-0.2, 0) is 28.6 Å². The van der Waals surface area contributed by atoms with E-state index >= 15 is 0 Å². The van der Waals surface area contributed by atoms with Gasteiger partial charge in [0.05, 0.1) is 0 Å². The summed E-state index contributed by atoms with van der Waals surface area (Å²) in [6.45, 7) is 6.64. The van der Waals surface area contributed by atoms with Crippen LogP contribution in [-0.4, -0.2) is 37.2 Å². The average molecular weight is 1030 g/mol. The summed E-state index contributed by atoms with van der Waals surface area (Å²) < 4.78 is 16.9. The Morgan fingerprint density at radius 2 is 0.507 bits per heavy atom. The van der Waals surface area contributed by atoms with Crippen LogP contribution in [0.5, 0.6) is 0 Å². The van der Waals surface area contributed by atoms with Crippen molar-refractivity contribution in [2.75, 3.05) is 13.2 Å². The number of ether oxygens (including phenoxy) is 3. The molecule has 0 aliphatic rings. The molecule has 0 radical (unpaired) electrons. The molecule has 0 rings (SSSR count). The Kier molecular flexibility index (Phi) is 60.2. The van der Waals surface area contributed by atoms with Gasteiger partial charge in [-0.3, -0.25) is 14.4 Å². The van der Waals surface area contributed by atoms with Gasteiger partial charge in [-0.15, -0.1) is 0 Å². The highest BCUT2D eigenvalue weighted by Gasteiger charge is 2.19. The lowest BCUT2D eigenvalue weighted by molar-refractivity contribution is -0.167. The summed E-state index contributed by atoms with van der Waals surface area (Å²) in [5.41, 5.74) is 0. The molecule has 6 heteroatoms. The number of carbonyl (C=O) groups excluding carboxylic acids is 3. The van der Waals surface area contributed by atoms with Crippen molar-refractivity contribution in [3.8, 4) is 0 Å². The van der Waals surface area contributed by atoms with Crippen molar-refractivity contribution in [1.82, 2.24) is 0 Å². The monoisotopic (exact) mass is 1020 g/mol. The van der Waals surface area contributed by atoms with Gasteiger partial charge in [-0.1, -0.05) is 301 Å². The Morgan fingerprint density at radius 1 is 0.274 bits per heavy atom. The molecule has 0 fully saturated rings. The molecule has 0 aromatic heterocycles. The lowest BCUT2D eigenvalue weighted by Crippen LogP contribution is -2.30. The first-order valence-electron chi connectivity index (χ1n) is 32.5. The Hall–Kier alpha value is -2.37. The second kappa shape index (κ2) is 62.2. The van der Waals surface area contributed by atoms with Crippen LogP contribution in [0.2, 0.25) is 0 Å². The Morgan fingerprint density at radius 3 is 0.808 bits per heavy atom. The molecule has 0 saturated heterocycles. The van der Waals surface area contributed by atoms with Gasteiger partial charge in [0.2, 0.25) is 0 Å². The van der Waals surface area contributed by atoms with E-state index in [-0.39, 0.29) is 31.1 Å². The van der Waals surface area contributed by atoms with E-state index in [1.54, 1.807) is 0 Å². The number of carbonyl (C=O) groups is 3. The second-order valence-electron chi connectivity index (χ2n) is 22.0. The maximum atomic E-state index is 12.9. The average Bonchev–Trinajstić information content (AvgIpc) is 3.39. The number of unbranched alkanes of at least 4 members (excludes halogenated alkanes) is 43. The lowest BCUT2D eigenvalue weighted by Gasteiger charge is -2.18. The van der Waals surface area contributed by atoms with Crippen LogP contribution in [0.3, 0.4) is 0 Å². The van der Waals surface area contributed by atoms with Crippen LogP contribution >= 0.6 is 0 Å². The third kappa shape index (κ3) is 60.4. The third-order valence-corrected chi connectivity index (χ3v) is 14.6. The highest BCUT2D eigenvalue weighted by molar-refractivity contribution is 5.71. The SMILES string of the molecule is CCCC/C=C\CCCCCCCC(=O)OCC(COC(=O)CCCCCCCCCCCCCCCCCCCCCCCCC)OC(=O)CCCCCCCCCCC/C=C\C/C=C\CCCCCCC. The van der Waals surface area contributed by atoms with Gasteiger partial charge in [-0.05, 0) is 70.6 Å². The summed E-state index contributed by atoms with van der Waals surface area (Å²) in [7, 11) is 0. The molecule has 0 N–H and O–H groups in total. The molecule has 0 spiro atoms. The van der Waals surface area contributed by atoms with E-state index in [4.69, 9.17) is 14.2 Å². The zero-order valence-electron chi connectivity index (χ0n) is 49.2. The molecule has 0 bridgehead atoms. The molecule has 0 saturated carbocycles.